The smallest absolute Gasteiger partial charge is 0.0546 e. The summed E-state index contributed by atoms with van der Waals surface area (Å²) >= 11 is 0. The summed E-state index contributed by atoms with van der Waals surface area (Å²) in [5, 5.41) is 25.2. The molecule has 25 aromatic carbocycles. The summed E-state index contributed by atoms with van der Waals surface area (Å²) in [6.07, 6.45) is 0. The third kappa shape index (κ3) is 14.2. The largest absolute Gasteiger partial charge is 0.309 e. The first-order valence-electron chi connectivity index (χ1n) is 51.0. The topological polar surface area (TPSA) is 29.6 Å². The molecular weight excluding hydrogens is 1790 g/mol. The minimum atomic E-state index is 1.15. The van der Waals surface area contributed by atoms with Gasteiger partial charge in [0.1, 0.15) is 0 Å². The van der Waals surface area contributed by atoms with E-state index in [0.29, 0.717) is 0 Å². The molecule has 6 aromatic heterocycles. The first-order chi connectivity index (χ1) is 73.4. The normalized spacial score (nSPS) is 11.8. The Bertz CT molecular complexity index is 10800. The molecule has 0 aliphatic carbocycles. The van der Waals surface area contributed by atoms with Gasteiger partial charge in [-0.05, 0) is 281 Å². The lowest BCUT2D eigenvalue weighted by molar-refractivity contribution is 1.18. The predicted octanol–water partition coefficient (Wildman–Crippen LogP) is 38.3. The molecule has 0 saturated heterocycles. The van der Waals surface area contributed by atoms with Gasteiger partial charge in [0, 0.05) is 98.3 Å². The lowest BCUT2D eigenvalue weighted by atomic mass is 9.99. The van der Waals surface area contributed by atoms with Crippen LogP contribution in [0.1, 0.15) is 0 Å². The highest BCUT2D eigenvalue weighted by atomic mass is 15.0. The lowest BCUT2D eigenvalue weighted by Crippen LogP contribution is -1.97. The van der Waals surface area contributed by atoms with Gasteiger partial charge >= 0.3 is 0 Å². The van der Waals surface area contributed by atoms with E-state index in [0.717, 1.165) is 5.69 Å². The van der Waals surface area contributed by atoms with Gasteiger partial charge in [-0.25, -0.2) is 0 Å². The number of para-hydroxylation sites is 8. The quantitative estimate of drug-likeness (QED) is 0.109. The van der Waals surface area contributed by atoms with Crippen molar-refractivity contribution in [3.63, 3.8) is 0 Å². The van der Waals surface area contributed by atoms with E-state index in [1.54, 1.807) is 0 Å². The van der Waals surface area contributed by atoms with E-state index < -0.39 is 0 Å². The minimum Gasteiger partial charge on any atom is -0.309 e. The summed E-state index contributed by atoms with van der Waals surface area (Å²) in [7, 11) is 0. The molecule has 6 heteroatoms. The Morgan fingerprint density at radius 2 is 0.351 bits per heavy atom. The number of fused-ring (bicyclic) bond motifs is 23. The maximum Gasteiger partial charge on any atom is 0.0546 e. The number of nitrogens with zero attached hydrogens (tertiary/aromatic N) is 6. The number of aromatic nitrogens is 6. The Balaban J connectivity index is 0.000000105. The van der Waals surface area contributed by atoms with Crippen LogP contribution >= 0.6 is 0 Å². The van der Waals surface area contributed by atoms with E-state index >= 15 is 0 Å². The van der Waals surface area contributed by atoms with Gasteiger partial charge in [-0.2, -0.15) is 0 Å². The van der Waals surface area contributed by atoms with Crippen molar-refractivity contribution in [2.45, 2.75) is 0 Å². The number of hydrogen-bond acceptors (Lipinski definition) is 0. The van der Waals surface area contributed by atoms with Crippen LogP contribution in [-0.4, -0.2) is 27.4 Å². The molecule has 148 heavy (non-hydrogen) atoms. The van der Waals surface area contributed by atoms with Crippen molar-refractivity contribution >= 4 is 174 Å². The summed E-state index contributed by atoms with van der Waals surface area (Å²) < 4.78 is 14.5. The molecule has 6 heterocycles. The Morgan fingerprint density at radius 1 is 0.0946 bits per heavy atom. The zero-order valence-corrected chi connectivity index (χ0v) is 80.8. The summed E-state index contributed by atoms with van der Waals surface area (Å²) in [6.45, 7) is 0. The van der Waals surface area contributed by atoms with Gasteiger partial charge in [0.15, 0.2) is 0 Å². The van der Waals surface area contributed by atoms with Crippen molar-refractivity contribution in [2.24, 2.45) is 0 Å². The molecule has 0 aliphatic rings. The zero-order chi connectivity index (χ0) is 97.4. The molecule has 0 atom stereocenters. The van der Waals surface area contributed by atoms with E-state index in [1.807, 2.05) is 0 Å². The van der Waals surface area contributed by atoms with Crippen LogP contribution in [0.2, 0.25) is 0 Å². The second kappa shape index (κ2) is 35.2. The minimum absolute atomic E-state index is 1.15. The molecule has 0 N–H and O–H groups in total. The molecule has 690 valence electrons. The first kappa shape index (κ1) is 85.1. The first-order valence-corrected chi connectivity index (χ1v) is 51.0. The maximum atomic E-state index is 2.46. The SMILES string of the molecule is c1ccc(-c2ccc3c(c2)c2cc(-c4ccc5c(c4)c4ccccc4n5-c4ccccc4)ccc2n3-c2cccc(-c3ccc4ccccc4c3)c2)cc1.c1ccc(-c2ccccc2-n2c3ccccc3c3cc(-c4ccc5c(c4)c4ccccc4n5-c4ccc5ccccc5c4)ccc32)cc1.c1ccc(-n2c3ccccc3c3cc(-c4ccc5c(c4)c4ccccc4n5-c4cc5ccccc5c5ccccc45)ccc32)cc1. The van der Waals surface area contributed by atoms with Gasteiger partial charge in [-0.3, -0.25) is 0 Å². The fourth-order valence-electron chi connectivity index (χ4n) is 23.8. The van der Waals surface area contributed by atoms with E-state index in [2.05, 4.69) is 586 Å². The third-order valence-corrected chi connectivity index (χ3v) is 30.7. The highest BCUT2D eigenvalue weighted by Gasteiger charge is 2.25. The Kier molecular flexibility index (Phi) is 20.2. The van der Waals surface area contributed by atoms with E-state index in [9.17, 15) is 0 Å². The summed E-state index contributed by atoms with van der Waals surface area (Å²) in [5.74, 6) is 0. The van der Waals surface area contributed by atoms with Crippen molar-refractivity contribution in [3.05, 3.63) is 558 Å². The lowest BCUT2D eigenvalue weighted by Gasteiger charge is -2.14. The van der Waals surface area contributed by atoms with Crippen molar-refractivity contribution < 1.29 is 0 Å². The summed E-state index contributed by atoms with van der Waals surface area (Å²) in [4.78, 5) is 0. The number of rotatable bonds is 12. The fraction of sp³-hybridized carbons (Fsp3) is 0. The van der Waals surface area contributed by atoms with Gasteiger partial charge in [-0.1, -0.05) is 376 Å². The monoisotopic (exact) mass is 1880 g/mol. The molecule has 0 fully saturated rings. The van der Waals surface area contributed by atoms with Crippen LogP contribution in [-0.2, 0) is 0 Å². The predicted molar refractivity (Wildman–Crippen MR) is 628 cm³/mol. The molecule has 31 rings (SSSR count). The zero-order valence-electron chi connectivity index (χ0n) is 80.8. The molecule has 0 bridgehead atoms. The van der Waals surface area contributed by atoms with Crippen LogP contribution in [0.5, 0.6) is 0 Å². The van der Waals surface area contributed by atoms with Gasteiger partial charge in [-0.15, -0.1) is 0 Å². The highest BCUT2D eigenvalue weighted by Crippen LogP contribution is 2.48. The summed E-state index contributed by atoms with van der Waals surface area (Å²) in [6, 6.07) is 204. The molecule has 0 unspecified atom stereocenters. The van der Waals surface area contributed by atoms with E-state index in [1.165, 1.54) is 269 Å². The molecule has 0 saturated carbocycles. The van der Waals surface area contributed by atoms with Crippen molar-refractivity contribution in [2.75, 3.05) is 0 Å². The van der Waals surface area contributed by atoms with E-state index in [-0.39, 0.29) is 0 Å². The standard InChI is InChI=1S/C52H34N2.C46H30N2.C44H28N2/c1-3-12-35(13-4-1)40-24-27-51-47(32-40)48-34-42(41-25-28-50-46(33-41)45-20-9-10-21-49(45)53(50)43-17-5-2-6-18-43)26-29-52(48)54(51)44-19-11-16-38(31-44)39-23-22-36-14-7-8-15-37(36)30-39;1-2-13-32(14-3-1)37-16-6-9-19-42(37)48-44-21-11-8-18-39(44)41-30-35(24-27-46(41)48)34-23-26-45-40(29-34)38-17-7-10-20-43(38)47(45)36-25-22-31-12-4-5-15-33(31)28-36;1-2-13-32(14-3-1)45-40-20-10-8-18-36(40)38-26-29(22-24-42(38)45)30-23-25-43-39(27-30)37-19-9-11-21-41(37)46(43)44-28-31-12-4-5-15-33(31)34-16-6-7-17-35(34)44/h1-34H;1-30H;1-28H. The highest BCUT2D eigenvalue weighted by molar-refractivity contribution is 6.20. The molecule has 0 spiro atoms. The Hall–Kier alpha value is -19.7. The van der Waals surface area contributed by atoms with Gasteiger partial charge in [0.2, 0.25) is 0 Å². The maximum absolute atomic E-state index is 2.46. The van der Waals surface area contributed by atoms with Crippen LogP contribution in [0, 0.1) is 0 Å². The average Bonchev–Trinajstić information content (AvgIpc) is 1.58. The average molecular weight is 1880 g/mol. The van der Waals surface area contributed by atoms with Gasteiger partial charge in [0.25, 0.3) is 0 Å². The molecule has 31 aromatic rings. The van der Waals surface area contributed by atoms with Gasteiger partial charge < -0.3 is 27.4 Å². The number of benzene rings is 25. The van der Waals surface area contributed by atoms with Crippen LogP contribution in [0.3, 0.4) is 0 Å². The third-order valence-electron chi connectivity index (χ3n) is 30.7. The summed E-state index contributed by atoms with van der Waals surface area (Å²) in [5.41, 5.74) is 36.2. The molecule has 0 aliphatic heterocycles. The molecule has 0 amide bonds. The molecular formula is C142H92N6. The Morgan fingerprint density at radius 3 is 0.791 bits per heavy atom. The van der Waals surface area contributed by atoms with Crippen LogP contribution in [0.4, 0.5) is 0 Å². The molecule has 6 nitrogen and oxygen atoms in total. The van der Waals surface area contributed by atoms with Crippen LogP contribution in [0.15, 0.2) is 558 Å². The van der Waals surface area contributed by atoms with E-state index in [4.69, 9.17) is 0 Å². The second-order valence-electron chi connectivity index (χ2n) is 38.9. The van der Waals surface area contributed by atoms with Crippen LogP contribution in [0.25, 0.3) is 275 Å². The second-order valence-corrected chi connectivity index (χ2v) is 38.9. The van der Waals surface area contributed by atoms with Crippen molar-refractivity contribution in [3.8, 4) is 101 Å². The Labute approximate surface area is 854 Å². The molecule has 0 radical (unpaired) electrons. The van der Waals surface area contributed by atoms with Crippen molar-refractivity contribution in [1.82, 2.24) is 27.4 Å². The van der Waals surface area contributed by atoms with Crippen LogP contribution < -0.4 is 0 Å². The van der Waals surface area contributed by atoms with Crippen molar-refractivity contribution in [1.29, 1.82) is 0 Å². The fourth-order valence-corrected chi connectivity index (χ4v) is 23.8. The van der Waals surface area contributed by atoms with Gasteiger partial charge in [0.05, 0.1) is 77.6 Å². The number of hydrogen-bond donors (Lipinski definition) is 0.